The maximum Gasteiger partial charge on any atom is 0.140 e. The maximum absolute atomic E-state index is 9.04. The third kappa shape index (κ3) is 2.55. The molecule has 0 unspecified atom stereocenters. The summed E-state index contributed by atoms with van der Waals surface area (Å²) in [7, 11) is 1.68. The van der Waals surface area contributed by atoms with Crippen molar-refractivity contribution in [3.63, 3.8) is 0 Å². The third-order valence-electron chi connectivity index (χ3n) is 4.41. The Morgan fingerprint density at radius 3 is 2.91 bits per heavy atom. The summed E-state index contributed by atoms with van der Waals surface area (Å²) in [5.74, 6) is 1.49. The van der Waals surface area contributed by atoms with Crippen LogP contribution in [0.1, 0.15) is 41.4 Å². The first-order valence-electron chi connectivity index (χ1n) is 7.83. The number of rotatable bonds is 4. The van der Waals surface area contributed by atoms with E-state index >= 15 is 0 Å². The van der Waals surface area contributed by atoms with Crippen LogP contribution >= 0.6 is 0 Å². The Bertz CT molecular complexity index is 916. The first-order chi connectivity index (χ1) is 11.3. The zero-order chi connectivity index (χ0) is 15.8. The molecule has 114 valence electrons. The first kappa shape index (κ1) is 13.8. The number of aromatic nitrogens is 2. The lowest BCUT2D eigenvalue weighted by atomic mass is 10.0. The van der Waals surface area contributed by atoms with Gasteiger partial charge in [0.2, 0.25) is 0 Å². The number of nitriles is 1. The molecule has 4 nitrogen and oxygen atoms in total. The summed E-state index contributed by atoms with van der Waals surface area (Å²) in [4.78, 5) is 8.00. The average Bonchev–Trinajstić information content (AvgIpc) is 3.38. The highest BCUT2D eigenvalue weighted by molar-refractivity contribution is 5.86. The van der Waals surface area contributed by atoms with Gasteiger partial charge in [0.25, 0.3) is 0 Å². The number of aromatic amines is 1. The standard InChI is InChI=1S/C19H17N3O/c1-23-15-7-8-16-17(9-13-3-2-4-14(11-20)21-13)19(12-5-6-12)22-18(16)10-15/h2-4,7-8,10,12,22H,5-6,9H2,1H3. The van der Waals surface area contributed by atoms with Crippen LogP contribution in [0.25, 0.3) is 10.9 Å². The summed E-state index contributed by atoms with van der Waals surface area (Å²) in [5, 5.41) is 10.3. The Kier molecular flexibility index (Phi) is 3.27. The maximum atomic E-state index is 9.04. The molecule has 1 saturated carbocycles. The van der Waals surface area contributed by atoms with Gasteiger partial charge in [-0.1, -0.05) is 6.07 Å². The molecule has 4 rings (SSSR count). The lowest BCUT2D eigenvalue weighted by Gasteiger charge is -2.04. The van der Waals surface area contributed by atoms with Crippen molar-refractivity contribution in [1.82, 2.24) is 9.97 Å². The second-order valence-electron chi connectivity index (χ2n) is 6.01. The minimum absolute atomic E-state index is 0.469. The van der Waals surface area contributed by atoms with E-state index in [0.29, 0.717) is 11.6 Å². The van der Waals surface area contributed by atoms with E-state index in [1.807, 2.05) is 24.3 Å². The smallest absolute Gasteiger partial charge is 0.140 e. The number of hydrogen-bond donors (Lipinski definition) is 1. The number of benzene rings is 1. The highest BCUT2D eigenvalue weighted by Gasteiger charge is 2.29. The van der Waals surface area contributed by atoms with Crippen molar-refractivity contribution in [1.29, 1.82) is 5.26 Å². The second-order valence-corrected chi connectivity index (χ2v) is 6.01. The molecular weight excluding hydrogens is 286 g/mol. The predicted octanol–water partition coefficient (Wildman–Crippen LogP) is 3.91. The molecule has 1 aliphatic rings. The largest absolute Gasteiger partial charge is 0.497 e. The molecule has 23 heavy (non-hydrogen) atoms. The quantitative estimate of drug-likeness (QED) is 0.795. The van der Waals surface area contributed by atoms with Crippen LogP contribution in [-0.2, 0) is 6.42 Å². The van der Waals surface area contributed by atoms with Crippen molar-refractivity contribution < 1.29 is 4.74 Å². The minimum Gasteiger partial charge on any atom is -0.497 e. The SMILES string of the molecule is COc1ccc2c(Cc3cccc(C#N)n3)c(C3CC3)[nH]c2c1. The first-order valence-corrected chi connectivity index (χ1v) is 7.83. The zero-order valence-electron chi connectivity index (χ0n) is 13.0. The molecule has 2 heterocycles. The summed E-state index contributed by atoms with van der Waals surface area (Å²) in [6.45, 7) is 0. The van der Waals surface area contributed by atoms with E-state index in [1.165, 1.54) is 29.5 Å². The Hall–Kier alpha value is -2.80. The Morgan fingerprint density at radius 2 is 2.17 bits per heavy atom. The van der Waals surface area contributed by atoms with E-state index in [9.17, 15) is 0 Å². The molecule has 1 fully saturated rings. The van der Waals surface area contributed by atoms with Gasteiger partial charge < -0.3 is 9.72 Å². The lowest BCUT2D eigenvalue weighted by Crippen LogP contribution is -1.96. The van der Waals surface area contributed by atoms with Crippen molar-refractivity contribution >= 4 is 10.9 Å². The monoisotopic (exact) mass is 303 g/mol. The van der Waals surface area contributed by atoms with Gasteiger partial charge in [-0.2, -0.15) is 5.26 Å². The van der Waals surface area contributed by atoms with Gasteiger partial charge in [0.15, 0.2) is 0 Å². The Balaban J connectivity index is 1.81. The van der Waals surface area contributed by atoms with E-state index < -0.39 is 0 Å². The molecule has 1 N–H and O–H groups in total. The van der Waals surface area contributed by atoms with Crippen molar-refractivity contribution in [2.75, 3.05) is 7.11 Å². The van der Waals surface area contributed by atoms with Crippen molar-refractivity contribution in [3.05, 3.63) is 59.0 Å². The van der Waals surface area contributed by atoms with Gasteiger partial charge in [-0.15, -0.1) is 0 Å². The van der Waals surface area contributed by atoms with E-state index in [0.717, 1.165) is 23.4 Å². The van der Waals surface area contributed by atoms with Gasteiger partial charge in [-0.05, 0) is 48.6 Å². The molecule has 2 aromatic heterocycles. The molecule has 0 radical (unpaired) electrons. The van der Waals surface area contributed by atoms with E-state index in [2.05, 4.69) is 22.1 Å². The van der Waals surface area contributed by atoms with Crippen LogP contribution in [0.5, 0.6) is 5.75 Å². The van der Waals surface area contributed by atoms with Crippen molar-refractivity contribution in [2.45, 2.75) is 25.2 Å². The van der Waals surface area contributed by atoms with Gasteiger partial charge >= 0.3 is 0 Å². The number of methoxy groups -OCH3 is 1. The van der Waals surface area contributed by atoms with Crippen LogP contribution < -0.4 is 4.74 Å². The number of fused-ring (bicyclic) bond motifs is 1. The molecule has 0 aliphatic heterocycles. The topological polar surface area (TPSA) is 61.7 Å². The highest BCUT2D eigenvalue weighted by Crippen LogP contribution is 2.44. The molecule has 0 atom stereocenters. The lowest BCUT2D eigenvalue weighted by molar-refractivity contribution is 0.415. The van der Waals surface area contributed by atoms with Crippen molar-refractivity contribution in [3.8, 4) is 11.8 Å². The van der Waals surface area contributed by atoms with Crippen LogP contribution in [0.4, 0.5) is 0 Å². The van der Waals surface area contributed by atoms with Gasteiger partial charge in [0.05, 0.1) is 7.11 Å². The number of hydrogen-bond acceptors (Lipinski definition) is 3. The van der Waals surface area contributed by atoms with E-state index in [1.54, 1.807) is 13.2 Å². The molecule has 4 heteroatoms. The van der Waals surface area contributed by atoms with Gasteiger partial charge in [-0.3, -0.25) is 0 Å². The third-order valence-corrected chi connectivity index (χ3v) is 4.41. The molecule has 0 spiro atoms. The minimum atomic E-state index is 0.469. The van der Waals surface area contributed by atoms with Crippen molar-refractivity contribution in [2.24, 2.45) is 0 Å². The average molecular weight is 303 g/mol. The Labute approximate surface area is 134 Å². The fraction of sp³-hybridized carbons (Fsp3) is 0.263. The Morgan fingerprint density at radius 1 is 1.30 bits per heavy atom. The van der Waals surface area contributed by atoms with E-state index in [-0.39, 0.29) is 0 Å². The summed E-state index contributed by atoms with van der Waals surface area (Å²) in [6.07, 6.45) is 3.22. The van der Waals surface area contributed by atoms with Crippen LogP contribution in [0, 0.1) is 11.3 Å². The second kappa shape index (κ2) is 5.44. The van der Waals surface area contributed by atoms with Gasteiger partial charge in [0, 0.05) is 34.8 Å². The van der Waals surface area contributed by atoms with Gasteiger partial charge in [0.1, 0.15) is 17.5 Å². The van der Waals surface area contributed by atoms with E-state index in [4.69, 9.17) is 10.00 Å². The summed E-state index contributed by atoms with van der Waals surface area (Å²) in [5.41, 5.74) is 5.13. The number of nitrogens with one attached hydrogen (secondary N) is 1. The molecule has 0 bridgehead atoms. The summed E-state index contributed by atoms with van der Waals surface area (Å²) < 4.78 is 5.33. The zero-order valence-corrected chi connectivity index (χ0v) is 13.0. The molecule has 3 aromatic rings. The number of H-pyrrole nitrogens is 1. The fourth-order valence-electron chi connectivity index (χ4n) is 3.11. The highest BCUT2D eigenvalue weighted by atomic mass is 16.5. The molecule has 1 aliphatic carbocycles. The number of pyridine rings is 1. The van der Waals surface area contributed by atoms with Crippen LogP contribution in [-0.4, -0.2) is 17.1 Å². The molecular formula is C19H17N3O. The number of ether oxygens (including phenoxy) is 1. The van der Waals surface area contributed by atoms with Gasteiger partial charge in [-0.25, -0.2) is 4.98 Å². The predicted molar refractivity (Wildman–Crippen MR) is 88.6 cm³/mol. The van der Waals surface area contributed by atoms with Crippen LogP contribution in [0.15, 0.2) is 36.4 Å². The molecule has 0 saturated heterocycles. The number of nitrogens with zero attached hydrogens (tertiary/aromatic N) is 2. The van der Waals surface area contributed by atoms with Crippen LogP contribution in [0.3, 0.4) is 0 Å². The summed E-state index contributed by atoms with van der Waals surface area (Å²) in [6, 6.07) is 13.9. The molecule has 0 amide bonds. The fourth-order valence-corrected chi connectivity index (χ4v) is 3.11. The normalized spacial score (nSPS) is 13.9. The van der Waals surface area contributed by atoms with Crippen LogP contribution in [0.2, 0.25) is 0 Å². The molecule has 1 aromatic carbocycles. The summed E-state index contributed by atoms with van der Waals surface area (Å²) >= 11 is 0.